The number of hydrogen-bond donors (Lipinski definition) is 0. The minimum absolute atomic E-state index is 1.21. The van der Waals surface area contributed by atoms with Crippen molar-refractivity contribution in [1.82, 2.24) is 4.57 Å². The third kappa shape index (κ3) is 2.16. The molecule has 6 aromatic carbocycles. The van der Waals surface area contributed by atoms with Crippen molar-refractivity contribution in [2.75, 3.05) is 0 Å². The van der Waals surface area contributed by atoms with Crippen LogP contribution in [0.25, 0.3) is 71.3 Å². The second-order valence-corrected chi connectivity index (χ2v) is 8.97. The summed E-state index contributed by atoms with van der Waals surface area (Å²) in [5.74, 6) is 0. The second kappa shape index (κ2) is 6.11. The molecular weight excluding hydrogens is 398 g/mol. The van der Waals surface area contributed by atoms with E-state index in [1.54, 1.807) is 0 Å². The number of aromatic nitrogens is 1. The van der Waals surface area contributed by atoms with Crippen molar-refractivity contribution in [3.8, 4) is 27.9 Å². The molecule has 1 aliphatic carbocycles. The van der Waals surface area contributed by atoms with Gasteiger partial charge in [-0.05, 0) is 56.6 Å². The maximum absolute atomic E-state index is 2.45. The van der Waals surface area contributed by atoms with Crippen LogP contribution in [0.1, 0.15) is 0 Å². The van der Waals surface area contributed by atoms with Crippen LogP contribution in [0.2, 0.25) is 0 Å². The first kappa shape index (κ1) is 17.2. The number of benzene rings is 6. The van der Waals surface area contributed by atoms with Crippen LogP contribution in [0.4, 0.5) is 0 Å². The summed E-state index contributed by atoms with van der Waals surface area (Å²) in [6.45, 7) is 0. The molecule has 1 heteroatoms. The maximum Gasteiger partial charge on any atom is 0.0619 e. The summed E-state index contributed by atoms with van der Waals surface area (Å²) in [5.41, 5.74) is 9.08. The van der Waals surface area contributed by atoms with Crippen LogP contribution < -0.4 is 0 Å². The molecule has 0 saturated heterocycles. The first-order valence-electron chi connectivity index (χ1n) is 11.5. The summed E-state index contributed by atoms with van der Waals surface area (Å²) in [5, 5.41) is 7.84. The van der Waals surface area contributed by atoms with E-state index in [1.807, 2.05) is 0 Å². The molecule has 7 aromatic rings. The molecular formula is C32H19N. The van der Waals surface area contributed by atoms with Crippen molar-refractivity contribution in [3.05, 3.63) is 115 Å². The van der Waals surface area contributed by atoms with E-state index < -0.39 is 0 Å². The summed E-state index contributed by atoms with van der Waals surface area (Å²) < 4.78 is 2.45. The zero-order valence-electron chi connectivity index (χ0n) is 17.9. The fraction of sp³-hybridized carbons (Fsp3) is 0. The van der Waals surface area contributed by atoms with Crippen molar-refractivity contribution in [3.63, 3.8) is 0 Å². The predicted molar refractivity (Wildman–Crippen MR) is 140 cm³/mol. The standard InChI is InChI=1S/C32H19N/c1-2-10-23-20(7-1)15-17-28-25-11-3-4-14-30(25)33(32(23)28)22-16-18-24-26-12-5-8-21-9-6-13-27(31(21)26)29(24)19-22/h1-19H. The normalized spacial score (nSPS) is 12.2. The van der Waals surface area contributed by atoms with Gasteiger partial charge in [0.2, 0.25) is 0 Å². The fourth-order valence-corrected chi connectivity index (χ4v) is 5.92. The van der Waals surface area contributed by atoms with Gasteiger partial charge in [0.15, 0.2) is 0 Å². The summed E-state index contributed by atoms with van der Waals surface area (Å²) in [4.78, 5) is 0. The summed E-state index contributed by atoms with van der Waals surface area (Å²) in [6.07, 6.45) is 0. The van der Waals surface area contributed by atoms with Gasteiger partial charge in [-0.25, -0.2) is 0 Å². The molecule has 0 atom stereocenters. The van der Waals surface area contributed by atoms with Gasteiger partial charge >= 0.3 is 0 Å². The van der Waals surface area contributed by atoms with Gasteiger partial charge in [-0.1, -0.05) is 97.1 Å². The van der Waals surface area contributed by atoms with E-state index in [0.29, 0.717) is 0 Å². The minimum atomic E-state index is 1.21. The molecule has 0 aliphatic heterocycles. The lowest BCUT2D eigenvalue weighted by Gasteiger charge is -2.12. The highest BCUT2D eigenvalue weighted by molar-refractivity contribution is 6.19. The van der Waals surface area contributed by atoms with E-state index in [0.717, 1.165) is 0 Å². The smallest absolute Gasteiger partial charge is 0.0619 e. The number of fused-ring (bicyclic) bond motifs is 8. The topological polar surface area (TPSA) is 4.93 Å². The fourth-order valence-electron chi connectivity index (χ4n) is 5.92. The maximum atomic E-state index is 2.45. The van der Waals surface area contributed by atoms with Crippen LogP contribution >= 0.6 is 0 Å². The van der Waals surface area contributed by atoms with Crippen LogP contribution in [0.5, 0.6) is 0 Å². The Morgan fingerprint density at radius 2 is 1.15 bits per heavy atom. The van der Waals surface area contributed by atoms with Gasteiger partial charge in [0, 0.05) is 21.8 Å². The number of rotatable bonds is 1. The van der Waals surface area contributed by atoms with E-state index in [-0.39, 0.29) is 0 Å². The lowest BCUT2D eigenvalue weighted by molar-refractivity contribution is 1.19. The lowest BCUT2D eigenvalue weighted by atomic mass is 10.0. The average Bonchev–Trinajstić information content (AvgIpc) is 3.39. The van der Waals surface area contributed by atoms with Crippen molar-refractivity contribution in [1.29, 1.82) is 0 Å². The minimum Gasteiger partial charge on any atom is -0.309 e. The first-order valence-corrected chi connectivity index (χ1v) is 11.5. The molecule has 0 unspecified atom stereocenters. The lowest BCUT2D eigenvalue weighted by Crippen LogP contribution is -1.95. The average molecular weight is 418 g/mol. The van der Waals surface area contributed by atoms with E-state index in [4.69, 9.17) is 0 Å². The highest BCUT2D eigenvalue weighted by Crippen LogP contribution is 2.48. The SMILES string of the molecule is c1cc2c3c(cccc3c1)-c1cc(-n3c4ccccc4c4ccc5ccccc5c43)ccc1-2. The van der Waals surface area contributed by atoms with Crippen molar-refractivity contribution < 1.29 is 0 Å². The van der Waals surface area contributed by atoms with Gasteiger partial charge in [0.1, 0.15) is 0 Å². The molecule has 0 spiro atoms. The highest BCUT2D eigenvalue weighted by atomic mass is 15.0. The molecule has 0 amide bonds. The molecule has 0 bridgehead atoms. The van der Waals surface area contributed by atoms with Gasteiger partial charge in [0.25, 0.3) is 0 Å². The largest absolute Gasteiger partial charge is 0.309 e. The van der Waals surface area contributed by atoms with Gasteiger partial charge < -0.3 is 4.57 Å². The quantitative estimate of drug-likeness (QED) is 0.252. The summed E-state index contributed by atoms with van der Waals surface area (Å²) in [6, 6.07) is 42.3. The van der Waals surface area contributed by atoms with E-state index >= 15 is 0 Å². The predicted octanol–water partition coefficient (Wildman–Crippen LogP) is 8.74. The monoisotopic (exact) mass is 417 g/mol. The molecule has 152 valence electrons. The Hall–Kier alpha value is -4.36. The molecule has 0 saturated carbocycles. The summed E-state index contributed by atoms with van der Waals surface area (Å²) in [7, 11) is 0. The van der Waals surface area contributed by atoms with Crippen LogP contribution in [-0.2, 0) is 0 Å². The molecule has 33 heavy (non-hydrogen) atoms. The Morgan fingerprint density at radius 1 is 0.424 bits per heavy atom. The van der Waals surface area contributed by atoms with Gasteiger partial charge in [-0.2, -0.15) is 0 Å². The Bertz CT molecular complexity index is 1910. The Labute approximate surface area is 191 Å². The van der Waals surface area contributed by atoms with E-state index in [2.05, 4.69) is 120 Å². The van der Waals surface area contributed by atoms with E-state index in [9.17, 15) is 0 Å². The Balaban J connectivity index is 1.51. The van der Waals surface area contributed by atoms with Gasteiger partial charge in [0.05, 0.1) is 11.0 Å². The first-order chi connectivity index (χ1) is 16.4. The zero-order valence-corrected chi connectivity index (χ0v) is 17.9. The van der Waals surface area contributed by atoms with Crippen LogP contribution in [0, 0.1) is 0 Å². The molecule has 1 aliphatic rings. The molecule has 0 N–H and O–H groups in total. The third-order valence-corrected chi connectivity index (χ3v) is 7.31. The van der Waals surface area contributed by atoms with Crippen molar-refractivity contribution in [2.45, 2.75) is 0 Å². The van der Waals surface area contributed by atoms with Crippen LogP contribution in [-0.4, -0.2) is 4.57 Å². The van der Waals surface area contributed by atoms with Crippen molar-refractivity contribution >= 4 is 43.4 Å². The third-order valence-electron chi connectivity index (χ3n) is 7.31. The van der Waals surface area contributed by atoms with Gasteiger partial charge in [-0.3, -0.25) is 0 Å². The Morgan fingerprint density at radius 3 is 2.03 bits per heavy atom. The number of nitrogens with zero attached hydrogens (tertiary/aromatic N) is 1. The molecule has 1 aromatic heterocycles. The van der Waals surface area contributed by atoms with Gasteiger partial charge in [-0.15, -0.1) is 0 Å². The van der Waals surface area contributed by atoms with Crippen LogP contribution in [0.3, 0.4) is 0 Å². The van der Waals surface area contributed by atoms with Crippen molar-refractivity contribution in [2.24, 2.45) is 0 Å². The number of para-hydroxylation sites is 1. The molecule has 8 rings (SSSR count). The molecule has 1 nitrogen and oxygen atoms in total. The van der Waals surface area contributed by atoms with Crippen LogP contribution in [0.15, 0.2) is 115 Å². The molecule has 0 fully saturated rings. The summed E-state index contributed by atoms with van der Waals surface area (Å²) >= 11 is 0. The zero-order chi connectivity index (χ0) is 21.5. The molecule has 1 heterocycles. The molecule has 0 radical (unpaired) electrons. The number of hydrogen-bond acceptors (Lipinski definition) is 0. The Kier molecular flexibility index (Phi) is 3.19. The van der Waals surface area contributed by atoms with E-state index in [1.165, 1.54) is 71.3 Å². The second-order valence-electron chi connectivity index (χ2n) is 8.97. The highest BCUT2D eigenvalue weighted by Gasteiger charge is 2.22.